The van der Waals surface area contributed by atoms with E-state index in [9.17, 15) is 4.79 Å². The summed E-state index contributed by atoms with van der Waals surface area (Å²) in [7, 11) is 0. The lowest BCUT2D eigenvalue weighted by Crippen LogP contribution is -2.23. The van der Waals surface area contributed by atoms with Crippen molar-refractivity contribution in [2.24, 2.45) is 0 Å². The fourth-order valence-electron chi connectivity index (χ4n) is 1.67. The molecular formula is C14H18N4O. The highest BCUT2D eigenvalue weighted by Gasteiger charge is 2.07. The molecule has 1 aromatic heterocycles. The molecule has 2 N–H and O–H groups in total. The first kappa shape index (κ1) is 13.3. The summed E-state index contributed by atoms with van der Waals surface area (Å²) in [5.74, 6) is 0.427. The van der Waals surface area contributed by atoms with Gasteiger partial charge in [-0.3, -0.25) is 9.78 Å². The highest BCUT2D eigenvalue weighted by Crippen LogP contribution is 2.04. The molecular weight excluding hydrogens is 240 g/mol. The van der Waals surface area contributed by atoms with Crippen LogP contribution in [0.3, 0.4) is 0 Å². The van der Waals surface area contributed by atoms with Crippen LogP contribution in [-0.4, -0.2) is 21.2 Å². The molecule has 0 aliphatic rings. The number of nitrogens with zero attached hydrogens (tertiary/aromatic N) is 2. The maximum Gasteiger partial charge on any atom is 0.274 e. The van der Waals surface area contributed by atoms with Gasteiger partial charge >= 0.3 is 0 Å². The molecule has 0 amide bonds. The average molecular weight is 258 g/mol. The van der Waals surface area contributed by atoms with Crippen LogP contribution in [0, 0.1) is 0 Å². The Bertz CT molecular complexity index is 579. The van der Waals surface area contributed by atoms with E-state index < -0.39 is 0 Å². The zero-order valence-electron chi connectivity index (χ0n) is 11.2. The molecule has 0 aliphatic carbocycles. The van der Waals surface area contributed by atoms with Crippen LogP contribution in [-0.2, 0) is 6.42 Å². The van der Waals surface area contributed by atoms with Crippen molar-refractivity contribution in [3.05, 3.63) is 51.9 Å². The van der Waals surface area contributed by atoms with Gasteiger partial charge in [0.05, 0.1) is 0 Å². The van der Waals surface area contributed by atoms with Crippen molar-refractivity contribution in [3.8, 4) is 0 Å². The number of anilines is 1. The number of benzene rings is 1. The first-order valence-corrected chi connectivity index (χ1v) is 6.45. The second kappa shape index (κ2) is 6.13. The molecule has 0 bridgehead atoms. The SMILES string of the molecule is CCC(C)Nc1nnc(Cc2ccccc2)c(=O)[nH]1. The summed E-state index contributed by atoms with van der Waals surface area (Å²) in [5.41, 5.74) is 1.29. The summed E-state index contributed by atoms with van der Waals surface area (Å²) in [4.78, 5) is 14.6. The maximum absolute atomic E-state index is 11.9. The monoisotopic (exact) mass is 258 g/mol. The summed E-state index contributed by atoms with van der Waals surface area (Å²) in [6.07, 6.45) is 1.45. The quantitative estimate of drug-likeness (QED) is 0.860. The van der Waals surface area contributed by atoms with E-state index in [-0.39, 0.29) is 11.6 Å². The van der Waals surface area contributed by atoms with Crippen LogP contribution in [0.15, 0.2) is 35.1 Å². The van der Waals surface area contributed by atoms with E-state index in [2.05, 4.69) is 27.4 Å². The summed E-state index contributed by atoms with van der Waals surface area (Å²) < 4.78 is 0. The van der Waals surface area contributed by atoms with Crippen molar-refractivity contribution in [1.82, 2.24) is 15.2 Å². The van der Waals surface area contributed by atoms with Gasteiger partial charge in [-0.2, -0.15) is 0 Å². The lowest BCUT2D eigenvalue weighted by molar-refractivity contribution is 0.739. The Kier molecular flexibility index (Phi) is 4.28. The largest absolute Gasteiger partial charge is 0.352 e. The fourth-order valence-corrected chi connectivity index (χ4v) is 1.67. The number of aromatic nitrogens is 3. The number of hydrogen-bond donors (Lipinski definition) is 2. The lowest BCUT2D eigenvalue weighted by Gasteiger charge is -2.10. The van der Waals surface area contributed by atoms with E-state index in [4.69, 9.17) is 0 Å². The van der Waals surface area contributed by atoms with E-state index in [0.717, 1.165) is 12.0 Å². The van der Waals surface area contributed by atoms with Crippen LogP contribution in [0.5, 0.6) is 0 Å². The van der Waals surface area contributed by atoms with Crippen molar-refractivity contribution in [2.75, 3.05) is 5.32 Å². The van der Waals surface area contributed by atoms with Crippen LogP contribution in [0.4, 0.5) is 5.95 Å². The van der Waals surface area contributed by atoms with Crippen LogP contribution < -0.4 is 10.9 Å². The predicted octanol–water partition coefficient (Wildman–Crippen LogP) is 1.97. The predicted molar refractivity (Wildman–Crippen MR) is 75.3 cm³/mol. The van der Waals surface area contributed by atoms with Gasteiger partial charge in [-0.1, -0.05) is 37.3 Å². The van der Waals surface area contributed by atoms with Gasteiger partial charge in [0.2, 0.25) is 5.95 Å². The molecule has 0 saturated heterocycles. The molecule has 1 unspecified atom stereocenters. The third-order valence-electron chi connectivity index (χ3n) is 2.97. The third kappa shape index (κ3) is 3.64. The Morgan fingerprint density at radius 2 is 2.00 bits per heavy atom. The molecule has 19 heavy (non-hydrogen) atoms. The van der Waals surface area contributed by atoms with Gasteiger partial charge in [0.1, 0.15) is 5.69 Å². The van der Waals surface area contributed by atoms with Gasteiger partial charge in [-0.25, -0.2) is 0 Å². The molecule has 5 nitrogen and oxygen atoms in total. The third-order valence-corrected chi connectivity index (χ3v) is 2.97. The number of H-pyrrole nitrogens is 1. The molecule has 2 rings (SSSR count). The van der Waals surface area contributed by atoms with Crippen molar-refractivity contribution >= 4 is 5.95 Å². The molecule has 1 atom stereocenters. The molecule has 0 saturated carbocycles. The molecule has 0 aliphatic heterocycles. The molecule has 1 aromatic carbocycles. The molecule has 2 aromatic rings. The Balaban J connectivity index is 2.14. The van der Waals surface area contributed by atoms with E-state index in [1.54, 1.807) is 0 Å². The highest BCUT2D eigenvalue weighted by atomic mass is 16.1. The van der Waals surface area contributed by atoms with Crippen molar-refractivity contribution < 1.29 is 0 Å². The molecule has 1 heterocycles. The molecule has 0 spiro atoms. The van der Waals surface area contributed by atoms with Crippen molar-refractivity contribution in [1.29, 1.82) is 0 Å². The number of rotatable bonds is 5. The second-order valence-electron chi connectivity index (χ2n) is 4.57. The van der Waals surface area contributed by atoms with E-state index in [0.29, 0.717) is 18.1 Å². The van der Waals surface area contributed by atoms with E-state index >= 15 is 0 Å². The Labute approximate surface area is 112 Å². The summed E-state index contributed by atoms with van der Waals surface area (Å²) in [6.45, 7) is 4.09. The maximum atomic E-state index is 11.9. The molecule has 5 heteroatoms. The first-order chi connectivity index (χ1) is 9.19. The number of nitrogens with one attached hydrogen (secondary N) is 2. The van der Waals surface area contributed by atoms with Crippen molar-refractivity contribution in [3.63, 3.8) is 0 Å². The van der Waals surface area contributed by atoms with Gasteiger partial charge in [0.15, 0.2) is 0 Å². The molecule has 0 radical (unpaired) electrons. The topological polar surface area (TPSA) is 70.7 Å². The van der Waals surface area contributed by atoms with Crippen LogP contribution in [0.1, 0.15) is 31.5 Å². The minimum Gasteiger partial charge on any atom is -0.352 e. The van der Waals surface area contributed by atoms with Gasteiger partial charge in [-0.15, -0.1) is 10.2 Å². The van der Waals surface area contributed by atoms with E-state index in [1.165, 1.54) is 0 Å². The summed E-state index contributed by atoms with van der Waals surface area (Å²) in [6, 6.07) is 10.0. The minimum atomic E-state index is -0.190. The summed E-state index contributed by atoms with van der Waals surface area (Å²) >= 11 is 0. The highest BCUT2D eigenvalue weighted by molar-refractivity contribution is 5.25. The number of aromatic amines is 1. The second-order valence-corrected chi connectivity index (χ2v) is 4.57. The normalized spacial score (nSPS) is 12.1. The zero-order chi connectivity index (χ0) is 13.7. The Morgan fingerprint density at radius 1 is 1.26 bits per heavy atom. The fraction of sp³-hybridized carbons (Fsp3) is 0.357. The standard InChI is InChI=1S/C14H18N4O/c1-3-10(2)15-14-16-13(19)12(17-18-14)9-11-7-5-4-6-8-11/h4-8,10H,3,9H2,1-2H3,(H2,15,16,18,19). The zero-order valence-corrected chi connectivity index (χ0v) is 11.2. The first-order valence-electron chi connectivity index (χ1n) is 6.45. The van der Waals surface area contributed by atoms with Crippen LogP contribution in [0.25, 0.3) is 0 Å². The van der Waals surface area contributed by atoms with Crippen LogP contribution >= 0.6 is 0 Å². The average Bonchev–Trinajstić information content (AvgIpc) is 2.43. The smallest absolute Gasteiger partial charge is 0.274 e. The summed E-state index contributed by atoms with van der Waals surface area (Å²) in [5, 5.41) is 11.1. The Morgan fingerprint density at radius 3 is 2.63 bits per heavy atom. The van der Waals surface area contributed by atoms with Crippen LogP contribution in [0.2, 0.25) is 0 Å². The Hall–Kier alpha value is -2.17. The van der Waals surface area contributed by atoms with Gasteiger partial charge in [-0.05, 0) is 18.9 Å². The lowest BCUT2D eigenvalue weighted by atomic mass is 10.1. The molecule has 0 fully saturated rings. The molecule has 100 valence electrons. The van der Waals surface area contributed by atoms with Gasteiger partial charge < -0.3 is 5.32 Å². The minimum absolute atomic E-state index is 0.190. The van der Waals surface area contributed by atoms with Gasteiger partial charge in [0, 0.05) is 12.5 Å². The van der Waals surface area contributed by atoms with Crippen molar-refractivity contribution in [2.45, 2.75) is 32.7 Å². The van der Waals surface area contributed by atoms with Gasteiger partial charge in [0.25, 0.3) is 5.56 Å². The number of hydrogen-bond acceptors (Lipinski definition) is 4. The van der Waals surface area contributed by atoms with E-state index in [1.807, 2.05) is 37.3 Å².